The Hall–Kier alpha value is -6.83. The van der Waals surface area contributed by atoms with Gasteiger partial charge in [0.2, 0.25) is 0 Å². The first-order chi connectivity index (χ1) is 27.1. The van der Waals surface area contributed by atoms with E-state index in [1.165, 1.54) is 131 Å². The van der Waals surface area contributed by atoms with Crippen molar-refractivity contribution in [2.24, 2.45) is 0 Å². The van der Waals surface area contributed by atoms with Gasteiger partial charge in [-0.05, 0) is 169 Å². The Morgan fingerprint density at radius 3 is 1.07 bits per heavy atom. The second-order valence-corrected chi connectivity index (χ2v) is 15.6. The van der Waals surface area contributed by atoms with E-state index in [4.69, 9.17) is 0 Å². The molecular weight excluding hydrogens is 668 g/mol. The standard InChI is InChI=1S/C54H31F/c1-28-33-12-6-7-13-34(33)29(2)46-42-25-21-38-40-23-27-44-52-43(26-22-39(50(40)52)37-20-24-41(45(28)46)51(42)49(37)38)53-47(30-10-4-3-5-11-30)35-14-8-9-15-36(35)48(54(44)53)31-16-18-32(55)19-17-31/h3-27H,1-2H3. The zero-order valence-corrected chi connectivity index (χ0v) is 30.3. The maximum Gasteiger partial charge on any atom is 0.123 e. The van der Waals surface area contributed by atoms with Crippen molar-refractivity contribution in [3.05, 3.63) is 169 Å². The monoisotopic (exact) mass is 698 g/mol. The van der Waals surface area contributed by atoms with Crippen LogP contribution in [-0.2, 0) is 0 Å². The molecule has 0 bridgehead atoms. The fourth-order valence-corrected chi connectivity index (χ4v) is 11.0. The third-order valence-electron chi connectivity index (χ3n) is 13.1. The van der Waals surface area contributed by atoms with Gasteiger partial charge in [-0.3, -0.25) is 0 Å². The lowest BCUT2D eigenvalue weighted by Crippen LogP contribution is -1.93. The van der Waals surface area contributed by atoms with Crippen LogP contribution in [0, 0.1) is 19.7 Å². The Bertz CT molecular complexity index is 3430. The molecule has 1 heteroatoms. The Labute approximate surface area is 317 Å². The summed E-state index contributed by atoms with van der Waals surface area (Å²) >= 11 is 0. The number of hydrogen-bond donors (Lipinski definition) is 0. The molecule has 11 aromatic carbocycles. The summed E-state index contributed by atoms with van der Waals surface area (Å²) in [4.78, 5) is 0. The SMILES string of the molecule is Cc1c2c(c(C)c3ccccc13)-c1ccc3c4ccc5c6c(ccc(c7ccc-2c1c73)c64)-c1c-5c(-c2ccc(F)cc2)c2ccccc2c1-c1ccccc1. The molecule has 0 fully saturated rings. The van der Waals surface area contributed by atoms with Gasteiger partial charge in [0.05, 0.1) is 0 Å². The van der Waals surface area contributed by atoms with Crippen LogP contribution in [0.5, 0.6) is 0 Å². The van der Waals surface area contributed by atoms with Gasteiger partial charge < -0.3 is 0 Å². The average molecular weight is 699 g/mol. The molecule has 0 radical (unpaired) electrons. The van der Waals surface area contributed by atoms with Crippen LogP contribution in [0.4, 0.5) is 4.39 Å². The highest BCUT2D eigenvalue weighted by atomic mass is 19.1. The maximum atomic E-state index is 14.5. The van der Waals surface area contributed by atoms with Crippen molar-refractivity contribution < 1.29 is 4.39 Å². The molecule has 0 amide bonds. The fraction of sp³-hybridized carbons (Fsp3) is 0.0370. The third-order valence-corrected chi connectivity index (χ3v) is 13.1. The van der Waals surface area contributed by atoms with Crippen molar-refractivity contribution in [1.82, 2.24) is 0 Å². The van der Waals surface area contributed by atoms with Gasteiger partial charge in [-0.2, -0.15) is 0 Å². The molecule has 0 atom stereocenters. The highest BCUT2D eigenvalue weighted by molar-refractivity contribution is 6.41. The van der Waals surface area contributed by atoms with E-state index in [1.54, 1.807) is 12.1 Å². The minimum absolute atomic E-state index is 0.225. The molecule has 0 spiro atoms. The molecule has 0 N–H and O–H groups in total. The van der Waals surface area contributed by atoms with E-state index >= 15 is 0 Å². The second-order valence-electron chi connectivity index (χ2n) is 15.6. The summed E-state index contributed by atoms with van der Waals surface area (Å²) in [7, 11) is 0. The van der Waals surface area contributed by atoms with Crippen LogP contribution >= 0.6 is 0 Å². The quantitative estimate of drug-likeness (QED) is 0.125. The summed E-state index contributed by atoms with van der Waals surface area (Å²) in [5.41, 5.74) is 17.8. The molecule has 0 nitrogen and oxygen atoms in total. The minimum atomic E-state index is -0.225. The molecular formula is C54H31F. The van der Waals surface area contributed by atoms with Crippen LogP contribution in [-0.4, -0.2) is 0 Å². The largest absolute Gasteiger partial charge is 0.207 e. The molecule has 55 heavy (non-hydrogen) atoms. The van der Waals surface area contributed by atoms with Gasteiger partial charge in [-0.25, -0.2) is 4.39 Å². The van der Waals surface area contributed by atoms with Gasteiger partial charge in [0.25, 0.3) is 0 Å². The van der Waals surface area contributed by atoms with Crippen LogP contribution in [0.1, 0.15) is 11.1 Å². The summed E-state index contributed by atoms with van der Waals surface area (Å²) < 4.78 is 14.5. The first-order valence-corrected chi connectivity index (χ1v) is 19.2. The molecule has 0 aliphatic heterocycles. The summed E-state index contributed by atoms with van der Waals surface area (Å²) in [6, 6.07) is 54.7. The summed E-state index contributed by atoms with van der Waals surface area (Å²) in [5.74, 6) is -0.225. The van der Waals surface area contributed by atoms with E-state index in [9.17, 15) is 4.39 Å². The number of benzene rings is 11. The number of rotatable bonds is 2. The van der Waals surface area contributed by atoms with E-state index in [1.807, 2.05) is 12.1 Å². The Morgan fingerprint density at radius 2 is 0.636 bits per heavy atom. The van der Waals surface area contributed by atoms with Crippen LogP contribution in [0.3, 0.4) is 0 Å². The molecule has 2 aliphatic rings. The Kier molecular flexibility index (Phi) is 5.50. The van der Waals surface area contributed by atoms with E-state index in [2.05, 4.69) is 141 Å². The van der Waals surface area contributed by atoms with E-state index < -0.39 is 0 Å². The van der Waals surface area contributed by atoms with Crippen LogP contribution in [0.25, 0.3) is 131 Å². The molecule has 0 saturated heterocycles. The summed E-state index contributed by atoms with van der Waals surface area (Å²) in [6.45, 7) is 4.61. The van der Waals surface area contributed by atoms with Crippen LogP contribution < -0.4 is 0 Å². The van der Waals surface area contributed by atoms with Gasteiger partial charge in [0, 0.05) is 0 Å². The number of halogens is 1. The lowest BCUT2D eigenvalue weighted by molar-refractivity contribution is 0.628. The Morgan fingerprint density at radius 1 is 0.273 bits per heavy atom. The lowest BCUT2D eigenvalue weighted by atomic mass is 9.82. The number of hydrogen-bond acceptors (Lipinski definition) is 0. The first-order valence-electron chi connectivity index (χ1n) is 19.2. The average Bonchev–Trinajstić information content (AvgIpc) is 3.76. The molecule has 13 rings (SSSR count). The smallest absolute Gasteiger partial charge is 0.123 e. The van der Waals surface area contributed by atoms with Gasteiger partial charge in [0.1, 0.15) is 5.82 Å². The van der Waals surface area contributed by atoms with Crippen molar-refractivity contribution in [2.45, 2.75) is 13.8 Å². The third kappa shape index (κ3) is 3.53. The lowest BCUT2D eigenvalue weighted by Gasteiger charge is -2.20. The van der Waals surface area contributed by atoms with Gasteiger partial charge in [-0.1, -0.05) is 140 Å². The van der Waals surface area contributed by atoms with Gasteiger partial charge in [0.15, 0.2) is 0 Å². The van der Waals surface area contributed by atoms with E-state index in [0.717, 1.165) is 11.1 Å². The van der Waals surface area contributed by atoms with Crippen molar-refractivity contribution in [3.8, 4) is 66.8 Å². The maximum absolute atomic E-state index is 14.5. The van der Waals surface area contributed by atoms with Crippen LogP contribution in [0.2, 0.25) is 0 Å². The summed E-state index contributed by atoms with van der Waals surface area (Å²) in [6.07, 6.45) is 0. The second kappa shape index (κ2) is 10.2. The Balaban J connectivity index is 1.19. The normalized spacial score (nSPS) is 12.6. The molecule has 254 valence electrons. The van der Waals surface area contributed by atoms with E-state index in [-0.39, 0.29) is 5.82 Å². The fourth-order valence-electron chi connectivity index (χ4n) is 11.0. The van der Waals surface area contributed by atoms with Crippen molar-refractivity contribution >= 4 is 64.6 Å². The molecule has 0 aromatic heterocycles. The molecule has 0 unspecified atom stereocenters. The number of aryl methyl sites for hydroxylation is 2. The van der Waals surface area contributed by atoms with Crippen molar-refractivity contribution in [3.63, 3.8) is 0 Å². The molecule has 0 saturated carbocycles. The topological polar surface area (TPSA) is 0 Å². The molecule has 11 aromatic rings. The van der Waals surface area contributed by atoms with Crippen molar-refractivity contribution in [1.29, 1.82) is 0 Å². The van der Waals surface area contributed by atoms with Crippen LogP contribution in [0.15, 0.2) is 152 Å². The molecule has 0 heterocycles. The zero-order chi connectivity index (χ0) is 36.3. The highest BCUT2D eigenvalue weighted by Crippen LogP contribution is 2.61. The number of fused-ring (bicyclic) bond motifs is 10. The van der Waals surface area contributed by atoms with Gasteiger partial charge in [-0.15, -0.1) is 0 Å². The first kappa shape index (κ1) is 29.6. The van der Waals surface area contributed by atoms with E-state index in [0.29, 0.717) is 0 Å². The van der Waals surface area contributed by atoms with Crippen molar-refractivity contribution in [2.75, 3.05) is 0 Å². The predicted molar refractivity (Wildman–Crippen MR) is 232 cm³/mol. The minimum Gasteiger partial charge on any atom is -0.207 e. The zero-order valence-electron chi connectivity index (χ0n) is 30.3. The highest BCUT2D eigenvalue weighted by Gasteiger charge is 2.33. The predicted octanol–water partition coefficient (Wildman–Crippen LogP) is 15.4. The molecule has 2 aliphatic carbocycles. The summed E-state index contributed by atoms with van der Waals surface area (Å²) in [5, 5.41) is 15.6. The van der Waals surface area contributed by atoms with Gasteiger partial charge >= 0.3 is 0 Å².